The Morgan fingerprint density at radius 1 is 1.24 bits per heavy atom. The van der Waals surface area contributed by atoms with Gasteiger partial charge in [0.05, 0.1) is 20.3 Å². The molecule has 21 heavy (non-hydrogen) atoms. The number of hydrogen-bond acceptors (Lipinski definition) is 5. The van der Waals surface area contributed by atoms with Crippen molar-refractivity contribution < 1.29 is 9.47 Å². The topological polar surface area (TPSA) is 43.4 Å². The molecule has 0 saturated carbocycles. The molecule has 1 aromatic heterocycles. The molecule has 0 aliphatic rings. The van der Waals surface area contributed by atoms with Crippen LogP contribution in [0.2, 0.25) is 0 Å². The molecule has 0 bridgehead atoms. The van der Waals surface area contributed by atoms with Crippen LogP contribution in [-0.4, -0.2) is 19.2 Å². The van der Waals surface area contributed by atoms with Gasteiger partial charge in [0.25, 0.3) is 0 Å². The average molecular weight is 306 g/mol. The number of nitrogens with one attached hydrogen (secondary N) is 1. The fourth-order valence-electron chi connectivity index (χ4n) is 2.04. The molecule has 0 spiro atoms. The summed E-state index contributed by atoms with van der Waals surface area (Å²) in [4.78, 5) is 5.80. The van der Waals surface area contributed by atoms with Gasteiger partial charge < -0.3 is 14.8 Å². The highest BCUT2D eigenvalue weighted by atomic mass is 32.1. The molecule has 0 radical (unpaired) electrons. The lowest BCUT2D eigenvalue weighted by molar-refractivity contribution is 0.354. The van der Waals surface area contributed by atoms with Gasteiger partial charge in [0, 0.05) is 17.6 Å². The summed E-state index contributed by atoms with van der Waals surface area (Å²) in [6.45, 7) is 5.06. The van der Waals surface area contributed by atoms with Crippen molar-refractivity contribution in [2.24, 2.45) is 0 Å². The number of benzene rings is 1. The van der Waals surface area contributed by atoms with Gasteiger partial charge >= 0.3 is 0 Å². The summed E-state index contributed by atoms with van der Waals surface area (Å²) in [6.07, 6.45) is 3.01. The number of aryl methyl sites for hydroxylation is 1. The first-order valence-corrected chi connectivity index (χ1v) is 7.88. The van der Waals surface area contributed by atoms with Crippen LogP contribution >= 0.6 is 11.3 Å². The van der Waals surface area contributed by atoms with Crippen LogP contribution in [0.15, 0.2) is 24.4 Å². The third-order valence-electron chi connectivity index (χ3n) is 3.35. The summed E-state index contributed by atoms with van der Waals surface area (Å²) < 4.78 is 10.6. The standard InChI is InChI=1S/C16H22N2O2S/c1-5-13-10-18-16(21-13)11(2)17-9-12-6-7-14(19-3)15(8-12)20-4/h6-8,10-11,17H,5,9H2,1-4H3. The van der Waals surface area contributed by atoms with Crippen LogP contribution in [0.5, 0.6) is 11.5 Å². The van der Waals surface area contributed by atoms with Crippen molar-refractivity contribution in [1.29, 1.82) is 0 Å². The summed E-state index contributed by atoms with van der Waals surface area (Å²) in [5.74, 6) is 1.51. The van der Waals surface area contributed by atoms with Gasteiger partial charge in [-0.15, -0.1) is 11.3 Å². The minimum absolute atomic E-state index is 0.239. The lowest BCUT2D eigenvalue weighted by atomic mass is 10.2. The molecule has 1 heterocycles. The van der Waals surface area contributed by atoms with Crippen molar-refractivity contribution in [1.82, 2.24) is 10.3 Å². The third-order valence-corrected chi connectivity index (χ3v) is 4.68. The van der Waals surface area contributed by atoms with Gasteiger partial charge in [-0.3, -0.25) is 0 Å². The first kappa shape index (κ1) is 15.8. The Hall–Kier alpha value is -1.59. The van der Waals surface area contributed by atoms with Crippen LogP contribution in [-0.2, 0) is 13.0 Å². The summed E-state index contributed by atoms with van der Waals surface area (Å²) in [7, 11) is 3.30. The molecule has 5 heteroatoms. The largest absolute Gasteiger partial charge is 0.493 e. The second-order valence-corrected chi connectivity index (χ2v) is 5.96. The number of hydrogen-bond donors (Lipinski definition) is 1. The zero-order chi connectivity index (χ0) is 15.2. The molecule has 0 aliphatic carbocycles. The quantitative estimate of drug-likeness (QED) is 0.849. The van der Waals surface area contributed by atoms with Crippen molar-refractivity contribution >= 4 is 11.3 Å². The Morgan fingerprint density at radius 2 is 2.00 bits per heavy atom. The Labute approximate surface area is 130 Å². The number of methoxy groups -OCH3 is 2. The fraction of sp³-hybridized carbons (Fsp3) is 0.438. The van der Waals surface area contributed by atoms with Crippen molar-refractivity contribution in [3.63, 3.8) is 0 Å². The van der Waals surface area contributed by atoms with Gasteiger partial charge in [-0.05, 0) is 31.0 Å². The predicted octanol–water partition coefficient (Wildman–Crippen LogP) is 3.57. The highest BCUT2D eigenvalue weighted by Gasteiger charge is 2.10. The van der Waals surface area contributed by atoms with Gasteiger partial charge in [0.1, 0.15) is 5.01 Å². The van der Waals surface area contributed by atoms with Gasteiger partial charge in [-0.1, -0.05) is 13.0 Å². The summed E-state index contributed by atoms with van der Waals surface area (Å²) >= 11 is 1.77. The van der Waals surface area contributed by atoms with E-state index >= 15 is 0 Å². The fourth-order valence-corrected chi connectivity index (χ4v) is 2.92. The molecular formula is C16H22N2O2S. The number of nitrogens with zero attached hydrogens (tertiary/aromatic N) is 1. The zero-order valence-corrected chi connectivity index (χ0v) is 13.8. The van der Waals surface area contributed by atoms with Gasteiger partial charge in [-0.2, -0.15) is 0 Å². The number of rotatable bonds is 7. The van der Waals surface area contributed by atoms with E-state index in [0.717, 1.165) is 35.0 Å². The molecule has 1 aromatic carbocycles. The van der Waals surface area contributed by atoms with Gasteiger partial charge in [0.15, 0.2) is 11.5 Å². The summed E-state index contributed by atoms with van der Waals surface area (Å²) in [6, 6.07) is 6.21. The van der Waals surface area contributed by atoms with E-state index in [-0.39, 0.29) is 6.04 Å². The Morgan fingerprint density at radius 3 is 2.62 bits per heavy atom. The average Bonchev–Trinajstić information content (AvgIpc) is 3.01. The summed E-state index contributed by atoms with van der Waals surface area (Å²) in [5, 5.41) is 4.62. The molecule has 1 N–H and O–H groups in total. The van der Waals surface area contributed by atoms with E-state index in [1.165, 1.54) is 4.88 Å². The monoisotopic (exact) mass is 306 g/mol. The molecule has 0 fully saturated rings. The van der Waals surface area contributed by atoms with Gasteiger partial charge in [0.2, 0.25) is 0 Å². The molecule has 114 valence electrons. The SMILES string of the molecule is CCc1cnc(C(C)NCc2ccc(OC)c(OC)c2)s1. The normalized spacial score (nSPS) is 12.2. The van der Waals surface area contributed by atoms with Crippen molar-refractivity contribution in [3.8, 4) is 11.5 Å². The van der Waals surface area contributed by atoms with Crippen LogP contribution in [0.4, 0.5) is 0 Å². The van der Waals surface area contributed by atoms with Crippen LogP contribution in [0.1, 0.15) is 35.3 Å². The molecule has 1 atom stereocenters. The summed E-state index contributed by atoms with van der Waals surface area (Å²) in [5.41, 5.74) is 1.16. The van der Waals surface area contributed by atoms with Crippen LogP contribution in [0.3, 0.4) is 0 Å². The van der Waals surface area contributed by atoms with E-state index in [1.807, 2.05) is 24.4 Å². The molecule has 0 amide bonds. The van der Waals surface area contributed by atoms with Crippen LogP contribution in [0, 0.1) is 0 Å². The van der Waals surface area contributed by atoms with E-state index in [1.54, 1.807) is 25.6 Å². The minimum atomic E-state index is 0.239. The first-order valence-electron chi connectivity index (χ1n) is 7.06. The van der Waals surface area contributed by atoms with E-state index in [0.29, 0.717) is 0 Å². The number of aromatic nitrogens is 1. The van der Waals surface area contributed by atoms with Crippen molar-refractivity contribution in [3.05, 3.63) is 39.8 Å². The zero-order valence-electron chi connectivity index (χ0n) is 13.0. The maximum atomic E-state index is 5.32. The lowest BCUT2D eigenvalue weighted by Gasteiger charge is -2.13. The molecular weight excluding hydrogens is 284 g/mol. The lowest BCUT2D eigenvalue weighted by Crippen LogP contribution is -2.17. The van der Waals surface area contributed by atoms with E-state index in [2.05, 4.69) is 24.1 Å². The maximum Gasteiger partial charge on any atom is 0.161 e. The maximum absolute atomic E-state index is 5.32. The van der Waals surface area contributed by atoms with Crippen molar-refractivity contribution in [2.75, 3.05) is 14.2 Å². The Kier molecular flexibility index (Phi) is 5.59. The predicted molar refractivity (Wildman–Crippen MR) is 86.3 cm³/mol. The second kappa shape index (κ2) is 7.43. The van der Waals surface area contributed by atoms with E-state index < -0.39 is 0 Å². The Bertz CT molecular complexity index is 583. The minimum Gasteiger partial charge on any atom is -0.493 e. The highest BCUT2D eigenvalue weighted by molar-refractivity contribution is 7.11. The third kappa shape index (κ3) is 3.95. The second-order valence-electron chi connectivity index (χ2n) is 4.81. The smallest absolute Gasteiger partial charge is 0.161 e. The molecule has 2 rings (SSSR count). The molecule has 0 saturated heterocycles. The highest BCUT2D eigenvalue weighted by Crippen LogP contribution is 2.28. The molecule has 4 nitrogen and oxygen atoms in total. The van der Waals surface area contributed by atoms with Gasteiger partial charge in [-0.25, -0.2) is 4.98 Å². The van der Waals surface area contributed by atoms with Crippen LogP contribution < -0.4 is 14.8 Å². The van der Waals surface area contributed by atoms with E-state index in [4.69, 9.17) is 9.47 Å². The van der Waals surface area contributed by atoms with E-state index in [9.17, 15) is 0 Å². The number of ether oxygens (including phenoxy) is 2. The number of thiazole rings is 1. The van der Waals surface area contributed by atoms with Crippen LogP contribution in [0.25, 0.3) is 0 Å². The Balaban J connectivity index is 1.99. The molecule has 0 aliphatic heterocycles. The van der Waals surface area contributed by atoms with Crippen molar-refractivity contribution in [2.45, 2.75) is 32.9 Å². The molecule has 2 aromatic rings. The first-order chi connectivity index (χ1) is 10.2. The molecule has 1 unspecified atom stereocenters.